The summed E-state index contributed by atoms with van der Waals surface area (Å²) >= 11 is 0. The number of alkyl halides is 7. The third kappa shape index (κ3) is 4.55. The number of allylic oxidation sites excluding steroid dienone is 4. The van der Waals surface area contributed by atoms with E-state index in [0.29, 0.717) is 16.8 Å². The van der Waals surface area contributed by atoms with E-state index in [9.17, 15) is 35.1 Å². The van der Waals surface area contributed by atoms with E-state index in [4.69, 9.17) is 0 Å². The number of benzene rings is 2. The number of halogens is 9. The lowest BCUT2D eigenvalue weighted by atomic mass is 9.72. The molecule has 0 amide bonds. The molecule has 202 valence electrons. The second kappa shape index (κ2) is 9.24. The minimum Gasteiger partial charge on any atom is -0.269 e. The first-order valence-electron chi connectivity index (χ1n) is 11.2. The Morgan fingerprint density at radius 2 is 1.56 bits per heavy atom. The highest BCUT2D eigenvalue weighted by molar-refractivity contribution is 5.80. The van der Waals surface area contributed by atoms with E-state index in [1.165, 1.54) is 42.5 Å². The van der Waals surface area contributed by atoms with Crippen molar-refractivity contribution in [3.63, 3.8) is 0 Å². The summed E-state index contributed by atoms with van der Waals surface area (Å²) < 4.78 is 129. The van der Waals surface area contributed by atoms with Crippen molar-refractivity contribution in [2.75, 3.05) is 0 Å². The molecule has 5 rings (SSSR count). The van der Waals surface area contributed by atoms with Gasteiger partial charge in [-0.2, -0.15) is 31.4 Å². The van der Waals surface area contributed by atoms with Crippen molar-refractivity contribution >= 4 is 5.57 Å². The minimum absolute atomic E-state index is 0.0100. The number of nitrogens with zero attached hydrogens (tertiary/aromatic N) is 4. The Hall–Kier alpha value is -4.16. The Morgan fingerprint density at radius 1 is 0.872 bits per heavy atom. The average molecular weight is 554 g/mol. The van der Waals surface area contributed by atoms with Gasteiger partial charge in [0, 0.05) is 0 Å². The van der Waals surface area contributed by atoms with E-state index in [1.807, 2.05) is 0 Å². The number of rotatable bonds is 4. The fraction of sp³-hybridized carbons (Fsp3) is 0.192. The molecule has 0 saturated heterocycles. The Morgan fingerprint density at radius 3 is 2.23 bits per heavy atom. The van der Waals surface area contributed by atoms with Crippen molar-refractivity contribution < 1.29 is 39.5 Å². The monoisotopic (exact) mass is 554 g/mol. The van der Waals surface area contributed by atoms with Crippen molar-refractivity contribution in [3.8, 4) is 22.8 Å². The van der Waals surface area contributed by atoms with Crippen LogP contribution in [0.4, 0.5) is 39.5 Å². The third-order valence-electron chi connectivity index (χ3n) is 6.39. The maximum atomic E-state index is 15.7. The molecule has 0 spiro atoms. The molecule has 0 fully saturated rings. The molecule has 13 heteroatoms. The van der Waals surface area contributed by atoms with Gasteiger partial charge < -0.3 is 0 Å². The standard InChI is InChI=1S/C26H15F9N4/c27-17-8-4-7-16(21(17)28)23-37-18-11-36-39(12-19(18)38-23)13-24(26(33,34)35)10-9-15(14-5-2-1-3-6-14)20(22(24)29)25(30,31)32/h1-12,22H,13H2. The fourth-order valence-corrected chi connectivity index (χ4v) is 4.44. The van der Waals surface area contributed by atoms with Crippen LogP contribution in [0.25, 0.3) is 28.3 Å². The Labute approximate surface area is 214 Å². The molecule has 2 aromatic carbocycles. The maximum absolute atomic E-state index is 15.7. The number of aromatic nitrogens is 4. The second-order valence-corrected chi connectivity index (χ2v) is 8.82. The highest BCUT2D eigenvalue weighted by atomic mass is 19.4. The molecule has 1 aliphatic carbocycles. The predicted molar refractivity (Wildman–Crippen MR) is 122 cm³/mol. The highest BCUT2D eigenvalue weighted by Gasteiger charge is 2.64. The van der Waals surface area contributed by atoms with Gasteiger partial charge in [0.15, 0.2) is 23.6 Å². The molecule has 0 N–H and O–H groups in total. The third-order valence-corrected chi connectivity index (χ3v) is 6.39. The molecule has 3 aliphatic rings. The van der Waals surface area contributed by atoms with Crippen LogP contribution in [0, 0.1) is 17.0 Å². The summed E-state index contributed by atoms with van der Waals surface area (Å²) in [4.78, 5) is 7.97. The van der Waals surface area contributed by atoms with Gasteiger partial charge in [-0.3, -0.25) is 4.68 Å². The quantitative estimate of drug-likeness (QED) is 0.251. The summed E-state index contributed by atoms with van der Waals surface area (Å²) in [5.74, 6) is -2.72. The van der Waals surface area contributed by atoms with Crippen LogP contribution in [0.5, 0.6) is 0 Å². The topological polar surface area (TPSA) is 43.6 Å². The zero-order valence-corrected chi connectivity index (χ0v) is 19.4. The molecule has 0 bridgehead atoms. The van der Waals surface area contributed by atoms with Crippen LogP contribution in [-0.2, 0) is 6.54 Å². The Balaban J connectivity index is 1.58. The zero-order valence-electron chi connectivity index (χ0n) is 19.4. The number of fused-ring (bicyclic) bond motifs is 1. The summed E-state index contributed by atoms with van der Waals surface area (Å²) in [5.41, 5.74) is -6.87. The Bertz CT molecular complexity index is 1550. The zero-order chi connectivity index (χ0) is 28.2. The summed E-state index contributed by atoms with van der Waals surface area (Å²) in [6.07, 6.45) is -11.6. The molecule has 4 nitrogen and oxygen atoms in total. The van der Waals surface area contributed by atoms with E-state index in [-0.39, 0.29) is 28.3 Å². The molecule has 0 radical (unpaired) electrons. The van der Waals surface area contributed by atoms with Crippen LogP contribution in [0.15, 0.2) is 78.6 Å². The van der Waals surface area contributed by atoms with Gasteiger partial charge in [-0.15, -0.1) is 0 Å². The van der Waals surface area contributed by atoms with Crippen molar-refractivity contribution in [1.29, 1.82) is 0 Å². The first-order chi connectivity index (χ1) is 18.3. The predicted octanol–water partition coefficient (Wildman–Crippen LogP) is 7.20. The van der Waals surface area contributed by atoms with Gasteiger partial charge in [0.1, 0.15) is 16.8 Å². The summed E-state index contributed by atoms with van der Waals surface area (Å²) in [6, 6.07) is 9.97. The van der Waals surface area contributed by atoms with Gasteiger partial charge in [-0.1, -0.05) is 48.6 Å². The minimum atomic E-state index is -5.47. The van der Waals surface area contributed by atoms with Crippen molar-refractivity contribution in [3.05, 3.63) is 95.8 Å². The van der Waals surface area contributed by atoms with Gasteiger partial charge in [0.25, 0.3) is 0 Å². The Kier molecular flexibility index (Phi) is 6.27. The molecule has 0 saturated carbocycles. The fourth-order valence-electron chi connectivity index (χ4n) is 4.44. The maximum Gasteiger partial charge on any atom is 0.416 e. The SMILES string of the molecule is Fc1cccc(-c2nc3cnn(CC4(C(F)(F)F)C=CC(c5ccccc5)=C(C(F)(F)F)C4F)cc-3n2)c1F. The van der Waals surface area contributed by atoms with Crippen LogP contribution in [0.3, 0.4) is 0 Å². The van der Waals surface area contributed by atoms with Crippen molar-refractivity contribution in [1.82, 2.24) is 19.7 Å². The number of hydrogen-bond acceptors (Lipinski definition) is 3. The van der Waals surface area contributed by atoms with Gasteiger partial charge in [-0.25, -0.2) is 23.1 Å². The van der Waals surface area contributed by atoms with Gasteiger partial charge in [0.2, 0.25) is 0 Å². The molecule has 2 atom stereocenters. The average Bonchev–Trinajstić information content (AvgIpc) is 3.29. The van der Waals surface area contributed by atoms with Gasteiger partial charge in [0.05, 0.1) is 30.1 Å². The second-order valence-electron chi connectivity index (χ2n) is 8.82. The summed E-state index contributed by atoms with van der Waals surface area (Å²) in [6.45, 7) is -1.37. The van der Waals surface area contributed by atoms with Crippen LogP contribution in [-0.4, -0.2) is 38.3 Å². The van der Waals surface area contributed by atoms with Crippen LogP contribution in [0.1, 0.15) is 5.56 Å². The molecular formula is C26H15F9N4. The van der Waals surface area contributed by atoms with Crippen LogP contribution >= 0.6 is 0 Å². The lowest BCUT2D eigenvalue weighted by Crippen LogP contribution is -2.51. The smallest absolute Gasteiger partial charge is 0.269 e. The van der Waals surface area contributed by atoms with Crippen LogP contribution in [0.2, 0.25) is 0 Å². The van der Waals surface area contributed by atoms with Crippen molar-refractivity contribution in [2.24, 2.45) is 5.41 Å². The van der Waals surface area contributed by atoms with E-state index < -0.39 is 53.3 Å². The van der Waals surface area contributed by atoms with E-state index >= 15 is 4.39 Å². The molecule has 39 heavy (non-hydrogen) atoms. The summed E-state index contributed by atoms with van der Waals surface area (Å²) in [7, 11) is 0. The molecule has 2 heterocycles. The van der Waals surface area contributed by atoms with Gasteiger partial charge in [-0.05, 0) is 23.3 Å². The van der Waals surface area contributed by atoms with Crippen molar-refractivity contribution in [2.45, 2.75) is 25.1 Å². The first kappa shape index (κ1) is 26.4. The highest BCUT2D eigenvalue weighted by Crippen LogP contribution is 2.54. The molecule has 2 aliphatic heterocycles. The number of hydrogen-bond donors (Lipinski definition) is 0. The van der Waals surface area contributed by atoms with E-state index in [0.717, 1.165) is 18.5 Å². The molecule has 0 aromatic heterocycles. The lowest BCUT2D eigenvalue weighted by Gasteiger charge is -2.40. The van der Waals surface area contributed by atoms with Crippen LogP contribution < -0.4 is 0 Å². The largest absolute Gasteiger partial charge is 0.416 e. The molecule has 2 aromatic rings. The lowest BCUT2D eigenvalue weighted by molar-refractivity contribution is -0.232. The number of imidazole rings is 1. The first-order valence-corrected chi connectivity index (χ1v) is 11.2. The molecular weight excluding hydrogens is 539 g/mol. The van der Waals surface area contributed by atoms with E-state index in [1.54, 1.807) is 0 Å². The van der Waals surface area contributed by atoms with Gasteiger partial charge >= 0.3 is 12.4 Å². The molecule has 2 unspecified atom stereocenters. The normalized spacial score (nSPS) is 20.2. The summed E-state index contributed by atoms with van der Waals surface area (Å²) in [5, 5.41) is 3.75. The van der Waals surface area contributed by atoms with E-state index in [2.05, 4.69) is 15.1 Å².